The zero-order valence-electron chi connectivity index (χ0n) is 15.0. The second-order valence-electron chi connectivity index (χ2n) is 6.70. The Bertz CT molecular complexity index is 748. The summed E-state index contributed by atoms with van der Waals surface area (Å²) in [5.41, 5.74) is 1.91. The zero-order chi connectivity index (χ0) is 18.7. The Morgan fingerprint density at radius 2 is 1.77 bits per heavy atom. The molecule has 1 saturated heterocycles. The van der Waals surface area contributed by atoms with E-state index in [0.29, 0.717) is 12.3 Å². The highest BCUT2D eigenvalue weighted by Gasteiger charge is 2.40. The van der Waals surface area contributed by atoms with E-state index >= 15 is 0 Å². The van der Waals surface area contributed by atoms with Crippen molar-refractivity contribution in [1.29, 1.82) is 0 Å². The Kier molecular flexibility index (Phi) is 5.67. The van der Waals surface area contributed by atoms with Crippen molar-refractivity contribution in [3.8, 4) is 5.75 Å². The summed E-state index contributed by atoms with van der Waals surface area (Å²) in [4.78, 5) is 11.0. The third kappa shape index (κ3) is 4.10. The summed E-state index contributed by atoms with van der Waals surface area (Å²) in [6.07, 6.45) is 1.66. The van der Waals surface area contributed by atoms with Gasteiger partial charge in [0.25, 0.3) is 0 Å². The van der Waals surface area contributed by atoms with E-state index in [1.807, 2.05) is 53.7 Å². The minimum absolute atomic E-state index is 0.0770. The molecule has 0 saturated carbocycles. The van der Waals surface area contributed by atoms with Gasteiger partial charge in [-0.2, -0.15) is 4.31 Å². The first-order valence-corrected chi connectivity index (χ1v) is 10.3. The lowest BCUT2D eigenvalue weighted by molar-refractivity contribution is -0.131. The Morgan fingerprint density at radius 1 is 1.12 bits per heavy atom. The number of carbonyl (C=O) groups is 1. The van der Waals surface area contributed by atoms with Gasteiger partial charge in [0.2, 0.25) is 0 Å². The van der Waals surface area contributed by atoms with E-state index in [2.05, 4.69) is 0 Å². The highest BCUT2D eigenvalue weighted by atomic mass is 32.3. The summed E-state index contributed by atoms with van der Waals surface area (Å²) in [6, 6.07) is 17.0. The van der Waals surface area contributed by atoms with E-state index < -0.39 is 10.8 Å². The summed E-state index contributed by atoms with van der Waals surface area (Å²) >= 11 is 0. The van der Waals surface area contributed by atoms with Crippen molar-refractivity contribution in [2.45, 2.75) is 44.5 Å². The fourth-order valence-corrected chi connectivity index (χ4v) is 5.68. The summed E-state index contributed by atoms with van der Waals surface area (Å²) in [6.45, 7) is 3.83. The van der Waals surface area contributed by atoms with Gasteiger partial charge in [-0.15, -0.1) is 10.8 Å². The van der Waals surface area contributed by atoms with Crippen LogP contribution in [-0.2, 0) is 11.3 Å². The first-order valence-electron chi connectivity index (χ1n) is 8.74. The highest BCUT2D eigenvalue weighted by Crippen LogP contribution is 2.62. The van der Waals surface area contributed by atoms with Gasteiger partial charge in [-0.1, -0.05) is 42.5 Å². The predicted molar refractivity (Wildman–Crippen MR) is 104 cm³/mol. The number of hydrogen-bond donors (Lipinski definition) is 2. The maximum absolute atomic E-state index is 11.0. The molecule has 3 rings (SSSR count). The van der Waals surface area contributed by atoms with Crippen LogP contribution in [0, 0.1) is 0 Å². The van der Waals surface area contributed by atoms with Crippen LogP contribution in [0.25, 0.3) is 0 Å². The monoisotopic (exact) mass is 375 g/mol. The van der Waals surface area contributed by atoms with E-state index in [-0.39, 0.29) is 17.3 Å². The fourth-order valence-electron chi connectivity index (χ4n) is 3.40. The van der Waals surface area contributed by atoms with E-state index in [4.69, 9.17) is 4.74 Å². The van der Waals surface area contributed by atoms with E-state index in [0.717, 1.165) is 24.0 Å². The molecule has 2 aromatic carbocycles. The molecule has 2 unspecified atom stereocenters. The normalized spacial score (nSPS) is 24.0. The van der Waals surface area contributed by atoms with Crippen LogP contribution < -0.4 is 4.74 Å². The zero-order valence-corrected chi connectivity index (χ0v) is 15.9. The Balaban J connectivity index is 1.80. The van der Waals surface area contributed by atoms with Crippen molar-refractivity contribution in [1.82, 2.24) is 4.31 Å². The lowest BCUT2D eigenvalue weighted by Crippen LogP contribution is -2.41. The first-order chi connectivity index (χ1) is 12.4. The number of nitrogens with zero attached hydrogens (tertiary/aromatic N) is 1. The van der Waals surface area contributed by atoms with Crippen LogP contribution in [0.3, 0.4) is 0 Å². The molecule has 0 amide bonds. The average molecular weight is 375 g/mol. The number of benzene rings is 2. The van der Waals surface area contributed by atoms with Crippen LogP contribution in [0.4, 0.5) is 0 Å². The standard InChI is InChI=1S/C20H25NO4S/c1-15-8-13-20(18-6-4-3-5-7-18)26(23,24)21(15)14-17-9-11-19(12-10-17)25-16(2)22/h3-7,9-12,15,20,23-24H,8,13-14H2,1-2H3. The molecule has 1 aliphatic heterocycles. The van der Waals surface area contributed by atoms with Gasteiger partial charge in [0.05, 0.1) is 5.25 Å². The van der Waals surface area contributed by atoms with Gasteiger partial charge >= 0.3 is 5.97 Å². The second-order valence-corrected chi connectivity index (χ2v) is 8.86. The molecule has 1 fully saturated rings. The van der Waals surface area contributed by atoms with Crippen molar-refractivity contribution in [3.63, 3.8) is 0 Å². The summed E-state index contributed by atoms with van der Waals surface area (Å²) in [5.74, 6) is 0.129. The molecule has 26 heavy (non-hydrogen) atoms. The van der Waals surface area contributed by atoms with Crippen molar-refractivity contribution in [2.75, 3.05) is 0 Å². The number of rotatable bonds is 4. The van der Waals surface area contributed by atoms with Gasteiger partial charge in [0.1, 0.15) is 5.75 Å². The third-order valence-electron chi connectivity index (χ3n) is 4.76. The lowest BCUT2D eigenvalue weighted by atomic mass is 10.0. The van der Waals surface area contributed by atoms with E-state index in [1.54, 1.807) is 12.1 Å². The topological polar surface area (TPSA) is 70.0 Å². The molecule has 0 bridgehead atoms. The molecule has 1 heterocycles. The van der Waals surface area contributed by atoms with Gasteiger partial charge in [-0.25, -0.2) is 0 Å². The van der Waals surface area contributed by atoms with Crippen molar-refractivity contribution < 1.29 is 18.6 Å². The molecule has 2 atom stereocenters. The predicted octanol–water partition coefficient (Wildman–Crippen LogP) is 5.00. The second kappa shape index (κ2) is 7.80. The summed E-state index contributed by atoms with van der Waals surface area (Å²) in [5, 5.41) is -0.278. The van der Waals surface area contributed by atoms with Gasteiger partial charge in [-0.3, -0.25) is 13.9 Å². The van der Waals surface area contributed by atoms with Crippen LogP contribution in [0.1, 0.15) is 43.1 Å². The maximum atomic E-state index is 11.0. The Hall–Kier alpha value is -1.86. The minimum Gasteiger partial charge on any atom is -0.427 e. The average Bonchev–Trinajstić information content (AvgIpc) is 2.60. The van der Waals surface area contributed by atoms with E-state index in [1.165, 1.54) is 6.92 Å². The molecular weight excluding hydrogens is 350 g/mol. The van der Waals surface area contributed by atoms with Crippen LogP contribution in [0.5, 0.6) is 5.75 Å². The van der Waals surface area contributed by atoms with Gasteiger partial charge in [0, 0.05) is 19.5 Å². The maximum Gasteiger partial charge on any atom is 0.308 e. The molecule has 0 aliphatic carbocycles. The van der Waals surface area contributed by atoms with Gasteiger partial charge in [0.15, 0.2) is 0 Å². The molecule has 0 radical (unpaired) electrons. The Labute approximate surface area is 156 Å². The van der Waals surface area contributed by atoms with Crippen molar-refractivity contribution in [2.24, 2.45) is 0 Å². The SMILES string of the molecule is CC(=O)Oc1ccc(CN2C(C)CCC(c3ccccc3)S2(O)O)cc1. The van der Waals surface area contributed by atoms with Gasteiger partial charge in [-0.05, 0) is 43.0 Å². The molecular formula is C20H25NO4S. The van der Waals surface area contributed by atoms with Crippen LogP contribution >= 0.6 is 10.8 Å². The van der Waals surface area contributed by atoms with Crippen LogP contribution in [0.15, 0.2) is 54.6 Å². The molecule has 0 aromatic heterocycles. The summed E-state index contributed by atoms with van der Waals surface area (Å²) < 4.78 is 29.0. The number of hydrogen-bond acceptors (Lipinski definition) is 5. The Morgan fingerprint density at radius 3 is 2.38 bits per heavy atom. The highest BCUT2D eigenvalue weighted by molar-refractivity contribution is 8.22. The molecule has 5 nitrogen and oxygen atoms in total. The first kappa shape index (κ1) is 18.9. The molecule has 0 spiro atoms. The summed E-state index contributed by atoms with van der Waals surface area (Å²) in [7, 11) is -2.95. The fraction of sp³-hybridized carbons (Fsp3) is 0.350. The molecule has 2 N–H and O–H groups in total. The number of ether oxygens (including phenoxy) is 1. The third-order valence-corrected chi connectivity index (χ3v) is 7.21. The quantitative estimate of drug-likeness (QED) is 0.581. The smallest absolute Gasteiger partial charge is 0.308 e. The van der Waals surface area contributed by atoms with Crippen LogP contribution in [0.2, 0.25) is 0 Å². The number of esters is 1. The number of carbonyl (C=O) groups excluding carboxylic acids is 1. The minimum atomic E-state index is -2.95. The largest absolute Gasteiger partial charge is 0.427 e. The van der Waals surface area contributed by atoms with Gasteiger partial charge < -0.3 is 4.74 Å². The molecule has 1 aliphatic rings. The van der Waals surface area contributed by atoms with Crippen molar-refractivity contribution >= 4 is 16.7 Å². The molecule has 140 valence electrons. The van der Waals surface area contributed by atoms with Crippen LogP contribution in [-0.4, -0.2) is 25.4 Å². The lowest BCUT2D eigenvalue weighted by Gasteiger charge is -2.54. The van der Waals surface area contributed by atoms with Crippen molar-refractivity contribution in [3.05, 3.63) is 65.7 Å². The van der Waals surface area contributed by atoms with E-state index in [9.17, 15) is 13.9 Å². The molecule has 2 aromatic rings. The molecule has 6 heteroatoms.